The van der Waals surface area contributed by atoms with Gasteiger partial charge in [-0.3, -0.25) is 4.99 Å². The van der Waals surface area contributed by atoms with Crippen molar-refractivity contribution in [3.05, 3.63) is 52.4 Å². The van der Waals surface area contributed by atoms with Gasteiger partial charge in [0.05, 0.1) is 5.69 Å². The molecular formula is C19H28N4O. The lowest BCUT2D eigenvalue weighted by molar-refractivity contribution is 0.392. The van der Waals surface area contributed by atoms with Gasteiger partial charge < -0.3 is 15.2 Å². The summed E-state index contributed by atoms with van der Waals surface area (Å²) in [5, 5.41) is 10.7. The first-order valence-corrected chi connectivity index (χ1v) is 8.44. The molecule has 2 aromatic rings. The van der Waals surface area contributed by atoms with E-state index in [1.54, 1.807) is 7.05 Å². The first kappa shape index (κ1) is 18.0. The molecule has 0 aliphatic rings. The first-order chi connectivity index (χ1) is 11.5. The van der Waals surface area contributed by atoms with Crippen LogP contribution >= 0.6 is 0 Å². The van der Waals surface area contributed by atoms with Crippen molar-refractivity contribution in [2.75, 3.05) is 20.1 Å². The highest BCUT2D eigenvalue weighted by atomic mass is 16.5. The van der Waals surface area contributed by atoms with Crippen molar-refractivity contribution in [3.8, 4) is 0 Å². The number of benzene rings is 1. The van der Waals surface area contributed by atoms with Crippen LogP contribution in [-0.2, 0) is 6.42 Å². The van der Waals surface area contributed by atoms with Crippen LogP contribution in [0.25, 0.3) is 0 Å². The Morgan fingerprint density at radius 3 is 2.46 bits per heavy atom. The standard InChI is InChI=1S/C19H28N4O/c1-13-6-8-17(9-7-13)14(2)12-22-19(20-5)21-11-10-18-15(3)23-24-16(18)4/h6-9,14H,10-12H2,1-5H3,(H2,20,21,22). The van der Waals surface area contributed by atoms with Gasteiger partial charge in [0.1, 0.15) is 5.76 Å². The lowest BCUT2D eigenvalue weighted by Gasteiger charge is -2.16. The van der Waals surface area contributed by atoms with Gasteiger partial charge >= 0.3 is 0 Å². The Balaban J connectivity index is 1.79. The van der Waals surface area contributed by atoms with Crippen LogP contribution in [0.4, 0.5) is 0 Å². The topological polar surface area (TPSA) is 62.5 Å². The lowest BCUT2D eigenvalue weighted by Crippen LogP contribution is -2.40. The second-order valence-corrected chi connectivity index (χ2v) is 6.24. The summed E-state index contributed by atoms with van der Waals surface area (Å²) >= 11 is 0. The third-order valence-electron chi connectivity index (χ3n) is 4.29. The van der Waals surface area contributed by atoms with Crippen LogP contribution in [-0.4, -0.2) is 31.3 Å². The minimum absolute atomic E-state index is 0.423. The van der Waals surface area contributed by atoms with Crippen molar-refractivity contribution in [3.63, 3.8) is 0 Å². The summed E-state index contributed by atoms with van der Waals surface area (Å²) in [6.45, 7) is 9.88. The molecule has 0 radical (unpaired) electrons. The van der Waals surface area contributed by atoms with Crippen LogP contribution < -0.4 is 10.6 Å². The summed E-state index contributed by atoms with van der Waals surface area (Å²) in [6, 6.07) is 8.69. The lowest BCUT2D eigenvalue weighted by atomic mass is 10.0. The monoisotopic (exact) mass is 328 g/mol. The first-order valence-electron chi connectivity index (χ1n) is 8.44. The van der Waals surface area contributed by atoms with Crippen molar-refractivity contribution in [2.24, 2.45) is 4.99 Å². The molecule has 0 bridgehead atoms. The van der Waals surface area contributed by atoms with Crippen LogP contribution in [0, 0.1) is 20.8 Å². The second kappa shape index (κ2) is 8.52. The minimum atomic E-state index is 0.423. The van der Waals surface area contributed by atoms with Crippen molar-refractivity contribution in [1.82, 2.24) is 15.8 Å². The van der Waals surface area contributed by atoms with Crippen LogP contribution in [0.3, 0.4) is 0 Å². The number of hydrogen-bond donors (Lipinski definition) is 2. The fourth-order valence-corrected chi connectivity index (χ4v) is 2.65. The van der Waals surface area contributed by atoms with E-state index in [0.29, 0.717) is 5.92 Å². The van der Waals surface area contributed by atoms with Crippen molar-refractivity contribution in [2.45, 2.75) is 40.0 Å². The molecule has 5 nitrogen and oxygen atoms in total. The zero-order chi connectivity index (χ0) is 17.5. The van der Waals surface area contributed by atoms with Crippen molar-refractivity contribution in [1.29, 1.82) is 0 Å². The van der Waals surface area contributed by atoms with Gasteiger partial charge in [-0.05, 0) is 38.7 Å². The maximum Gasteiger partial charge on any atom is 0.191 e. The number of hydrogen-bond acceptors (Lipinski definition) is 3. The van der Waals surface area contributed by atoms with Crippen LogP contribution in [0.2, 0.25) is 0 Å². The van der Waals surface area contributed by atoms with E-state index in [4.69, 9.17) is 4.52 Å². The summed E-state index contributed by atoms with van der Waals surface area (Å²) in [5.74, 6) is 2.14. The molecule has 0 saturated carbocycles. The van der Waals surface area contributed by atoms with Crippen molar-refractivity contribution < 1.29 is 4.52 Å². The maximum atomic E-state index is 5.19. The SMILES string of the molecule is CN=C(NCCc1c(C)noc1C)NCC(C)c1ccc(C)cc1. The molecule has 0 amide bonds. The average Bonchev–Trinajstić information content (AvgIpc) is 2.90. The number of rotatable bonds is 6. The largest absolute Gasteiger partial charge is 0.361 e. The van der Waals surface area contributed by atoms with Gasteiger partial charge in [0.15, 0.2) is 5.96 Å². The third kappa shape index (κ3) is 4.85. The van der Waals surface area contributed by atoms with E-state index in [1.807, 2.05) is 13.8 Å². The maximum absolute atomic E-state index is 5.19. The number of nitrogens with zero attached hydrogens (tertiary/aromatic N) is 2. The smallest absolute Gasteiger partial charge is 0.191 e. The molecule has 0 saturated heterocycles. The highest BCUT2D eigenvalue weighted by molar-refractivity contribution is 5.79. The molecule has 1 heterocycles. The normalized spacial score (nSPS) is 13.0. The van der Waals surface area contributed by atoms with E-state index in [9.17, 15) is 0 Å². The van der Waals surface area contributed by atoms with E-state index in [2.05, 4.69) is 58.9 Å². The van der Waals surface area contributed by atoms with Crippen LogP contribution in [0.15, 0.2) is 33.8 Å². The zero-order valence-corrected chi connectivity index (χ0v) is 15.3. The predicted octanol–water partition coefficient (Wildman–Crippen LogP) is 3.11. The highest BCUT2D eigenvalue weighted by Crippen LogP contribution is 2.15. The van der Waals surface area contributed by atoms with E-state index >= 15 is 0 Å². The summed E-state index contributed by atoms with van der Waals surface area (Å²) in [6.07, 6.45) is 0.870. The number of aryl methyl sites for hydroxylation is 3. The molecular weight excluding hydrogens is 300 g/mol. The minimum Gasteiger partial charge on any atom is -0.361 e. The molecule has 2 rings (SSSR count). The zero-order valence-electron chi connectivity index (χ0n) is 15.3. The second-order valence-electron chi connectivity index (χ2n) is 6.24. The molecule has 0 aliphatic carbocycles. The number of guanidine groups is 1. The van der Waals surface area contributed by atoms with E-state index in [-0.39, 0.29) is 0 Å². The summed E-state index contributed by atoms with van der Waals surface area (Å²) in [7, 11) is 1.79. The molecule has 0 fully saturated rings. The molecule has 0 spiro atoms. The Bertz CT molecular complexity index is 654. The summed E-state index contributed by atoms with van der Waals surface area (Å²) < 4.78 is 5.19. The Labute approximate surface area is 144 Å². The molecule has 2 N–H and O–H groups in total. The molecule has 1 atom stereocenters. The Morgan fingerprint density at radius 2 is 1.88 bits per heavy atom. The summed E-state index contributed by atoms with van der Waals surface area (Å²) in [4.78, 5) is 4.29. The average molecular weight is 328 g/mol. The van der Waals surface area contributed by atoms with Gasteiger partial charge in [0.2, 0.25) is 0 Å². The summed E-state index contributed by atoms with van der Waals surface area (Å²) in [5.41, 5.74) is 4.76. The Kier molecular flexibility index (Phi) is 6.41. The molecule has 5 heteroatoms. The van der Waals surface area contributed by atoms with Gasteiger partial charge in [-0.15, -0.1) is 0 Å². The number of aromatic nitrogens is 1. The highest BCUT2D eigenvalue weighted by Gasteiger charge is 2.09. The van der Waals surface area contributed by atoms with E-state index in [0.717, 1.165) is 36.9 Å². The van der Waals surface area contributed by atoms with E-state index < -0.39 is 0 Å². The van der Waals surface area contributed by atoms with Crippen molar-refractivity contribution >= 4 is 5.96 Å². The third-order valence-corrected chi connectivity index (χ3v) is 4.29. The quantitative estimate of drug-likeness (QED) is 0.632. The fourth-order valence-electron chi connectivity index (χ4n) is 2.65. The molecule has 1 aromatic heterocycles. The van der Waals surface area contributed by atoms with E-state index in [1.165, 1.54) is 16.7 Å². The predicted molar refractivity (Wildman–Crippen MR) is 98.6 cm³/mol. The molecule has 130 valence electrons. The fraction of sp³-hybridized carbons (Fsp3) is 0.474. The Hall–Kier alpha value is -2.30. The van der Waals surface area contributed by atoms with Gasteiger partial charge in [-0.1, -0.05) is 41.9 Å². The number of nitrogens with one attached hydrogen (secondary N) is 2. The van der Waals surface area contributed by atoms with Crippen LogP contribution in [0.1, 0.15) is 41.0 Å². The Morgan fingerprint density at radius 1 is 1.17 bits per heavy atom. The van der Waals surface area contributed by atoms with Gasteiger partial charge in [0, 0.05) is 25.7 Å². The van der Waals surface area contributed by atoms with Gasteiger partial charge in [-0.2, -0.15) is 0 Å². The molecule has 0 aliphatic heterocycles. The molecule has 1 aromatic carbocycles. The molecule has 1 unspecified atom stereocenters. The van der Waals surface area contributed by atoms with Gasteiger partial charge in [-0.25, -0.2) is 0 Å². The van der Waals surface area contributed by atoms with Gasteiger partial charge in [0.25, 0.3) is 0 Å². The molecule has 24 heavy (non-hydrogen) atoms. The number of aliphatic imine (C=N–C) groups is 1. The van der Waals surface area contributed by atoms with Crippen LogP contribution in [0.5, 0.6) is 0 Å².